The fourth-order valence-corrected chi connectivity index (χ4v) is 5.96. The molecule has 1 fully saturated rings. The number of hydrogen-bond donors (Lipinski definition) is 1. The van der Waals surface area contributed by atoms with Crippen LogP contribution in [-0.2, 0) is 5.60 Å². The first-order chi connectivity index (χ1) is 18.3. The van der Waals surface area contributed by atoms with Gasteiger partial charge in [-0.25, -0.2) is 0 Å². The van der Waals surface area contributed by atoms with Crippen LogP contribution >= 0.6 is 0 Å². The van der Waals surface area contributed by atoms with E-state index in [4.69, 9.17) is 9.47 Å². The third-order valence-corrected chi connectivity index (χ3v) is 8.05. The molecule has 1 aliphatic rings. The molecule has 0 heterocycles. The summed E-state index contributed by atoms with van der Waals surface area (Å²) in [5.74, 6) is 0.339. The van der Waals surface area contributed by atoms with Crippen molar-refractivity contribution in [1.29, 1.82) is 0 Å². The van der Waals surface area contributed by atoms with Gasteiger partial charge in [0.05, 0.1) is 20.1 Å². The zero-order chi connectivity index (χ0) is 26.9. The predicted molar refractivity (Wildman–Crippen MR) is 150 cm³/mol. The molecule has 0 spiro atoms. The first-order valence-corrected chi connectivity index (χ1v) is 13.0. The summed E-state index contributed by atoms with van der Waals surface area (Å²) in [6, 6.07) is 31.5. The van der Waals surface area contributed by atoms with E-state index in [9.17, 15) is 9.90 Å². The van der Waals surface area contributed by atoms with Crippen LogP contribution in [0.3, 0.4) is 0 Å². The van der Waals surface area contributed by atoms with Crippen LogP contribution in [0, 0.1) is 19.8 Å². The van der Waals surface area contributed by atoms with Gasteiger partial charge in [-0.05, 0) is 79.3 Å². The highest BCUT2D eigenvalue weighted by atomic mass is 16.5. The van der Waals surface area contributed by atoms with E-state index in [1.807, 2.05) is 24.3 Å². The van der Waals surface area contributed by atoms with Crippen molar-refractivity contribution in [3.05, 3.63) is 130 Å². The van der Waals surface area contributed by atoms with Crippen molar-refractivity contribution in [3.63, 3.8) is 0 Å². The molecule has 0 aliphatic heterocycles. The third-order valence-electron chi connectivity index (χ3n) is 8.05. The van der Waals surface area contributed by atoms with Gasteiger partial charge in [0.1, 0.15) is 17.1 Å². The van der Waals surface area contributed by atoms with Crippen molar-refractivity contribution >= 4 is 5.78 Å². The van der Waals surface area contributed by atoms with Crippen molar-refractivity contribution in [2.24, 2.45) is 5.92 Å². The molecule has 1 aliphatic carbocycles. The Morgan fingerprint density at radius 3 is 1.68 bits per heavy atom. The minimum absolute atomic E-state index is 0.0578. The topological polar surface area (TPSA) is 55.8 Å². The lowest BCUT2D eigenvalue weighted by atomic mass is 9.73. The number of benzene rings is 4. The quantitative estimate of drug-likeness (QED) is 0.275. The molecule has 0 bridgehead atoms. The average Bonchev–Trinajstić information content (AvgIpc) is 3.27. The highest BCUT2D eigenvalue weighted by molar-refractivity contribution is 6.00. The first-order valence-electron chi connectivity index (χ1n) is 13.0. The maximum Gasteiger partial charge on any atom is 0.169 e. The second kappa shape index (κ2) is 10.5. The van der Waals surface area contributed by atoms with Gasteiger partial charge < -0.3 is 14.6 Å². The van der Waals surface area contributed by atoms with Gasteiger partial charge in [-0.1, -0.05) is 71.8 Å². The number of carbonyl (C=O) groups is 1. The third kappa shape index (κ3) is 4.72. The maximum atomic E-state index is 14.4. The molecule has 0 radical (unpaired) electrons. The van der Waals surface area contributed by atoms with Crippen LogP contribution in [-0.4, -0.2) is 25.1 Å². The summed E-state index contributed by atoms with van der Waals surface area (Å²) in [6.45, 7) is 4.13. The van der Waals surface area contributed by atoms with E-state index < -0.39 is 11.5 Å². The number of ether oxygens (including phenoxy) is 2. The predicted octanol–water partition coefficient (Wildman–Crippen LogP) is 6.98. The normalized spacial score (nSPS) is 22.7. The monoisotopic (exact) mass is 506 g/mol. The Morgan fingerprint density at radius 1 is 0.711 bits per heavy atom. The Hall–Kier alpha value is -3.89. The number of carbonyl (C=O) groups excluding carboxylic acids is 1. The Kier molecular flexibility index (Phi) is 7.09. The molecule has 1 N–H and O–H groups in total. The summed E-state index contributed by atoms with van der Waals surface area (Å²) in [6.07, 6.45) is 0.424. The molecule has 4 unspecified atom stereocenters. The molecule has 5 rings (SSSR count). The van der Waals surface area contributed by atoms with Gasteiger partial charge in [-0.2, -0.15) is 0 Å². The van der Waals surface area contributed by atoms with Crippen molar-refractivity contribution in [2.75, 3.05) is 14.2 Å². The minimum Gasteiger partial charge on any atom is -0.497 e. The van der Waals surface area contributed by atoms with Crippen LogP contribution in [0.1, 0.15) is 56.4 Å². The zero-order valence-corrected chi connectivity index (χ0v) is 22.3. The van der Waals surface area contributed by atoms with E-state index in [1.54, 1.807) is 38.5 Å². The number of methoxy groups -OCH3 is 2. The molecule has 1 saturated carbocycles. The van der Waals surface area contributed by atoms with Gasteiger partial charge in [0, 0.05) is 11.5 Å². The summed E-state index contributed by atoms with van der Waals surface area (Å²) in [5, 5.41) is 12.6. The van der Waals surface area contributed by atoms with Gasteiger partial charge in [-0.15, -0.1) is 0 Å². The lowest BCUT2D eigenvalue weighted by molar-refractivity contribution is -0.000278. The van der Waals surface area contributed by atoms with Crippen LogP contribution in [0.5, 0.6) is 11.5 Å². The SMILES string of the molecule is COc1ccc(C(=O)C2C(c3ccc(C)cc3)C(c3ccc(C)cc3)CC2(O)c2ccc(OC)cc2)cc1. The fraction of sp³-hybridized carbons (Fsp3) is 0.265. The standard InChI is InChI=1S/C34H34O4/c1-22-5-9-24(10-6-22)30-21-34(36,27-15-19-29(38-4)20-16-27)32(31(30)25-11-7-23(2)8-12-25)33(35)26-13-17-28(37-3)18-14-26/h5-20,30-32,36H,21H2,1-4H3. The van der Waals surface area contributed by atoms with E-state index in [0.717, 1.165) is 22.3 Å². The number of ketones is 1. The van der Waals surface area contributed by atoms with Crippen molar-refractivity contribution in [1.82, 2.24) is 0 Å². The molecule has 0 amide bonds. The first kappa shape index (κ1) is 25.7. The van der Waals surface area contributed by atoms with Crippen LogP contribution in [0.4, 0.5) is 0 Å². The summed E-state index contributed by atoms with van der Waals surface area (Å²) < 4.78 is 10.7. The highest BCUT2D eigenvalue weighted by Crippen LogP contribution is 2.59. The van der Waals surface area contributed by atoms with E-state index in [0.29, 0.717) is 23.5 Å². The van der Waals surface area contributed by atoms with Crippen LogP contribution in [0.15, 0.2) is 97.1 Å². The Balaban J connectivity index is 1.70. The molecule has 4 atom stereocenters. The van der Waals surface area contributed by atoms with E-state index in [2.05, 4.69) is 62.4 Å². The van der Waals surface area contributed by atoms with E-state index in [1.165, 1.54) is 5.56 Å². The largest absolute Gasteiger partial charge is 0.497 e. The van der Waals surface area contributed by atoms with Gasteiger partial charge in [-0.3, -0.25) is 4.79 Å². The van der Waals surface area contributed by atoms with Crippen LogP contribution in [0.25, 0.3) is 0 Å². The maximum absolute atomic E-state index is 14.4. The number of aliphatic hydroxyl groups is 1. The molecule has 4 nitrogen and oxygen atoms in total. The molecular formula is C34H34O4. The van der Waals surface area contributed by atoms with Gasteiger partial charge in [0.25, 0.3) is 0 Å². The summed E-state index contributed by atoms with van der Waals surface area (Å²) >= 11 is 0. The number of hydrogen-bond acceptors (Lipinski definition) is 4. The molecule has 0 saturated heterocycles. The van der Waals surface area contributed by atoms with Crippen molar-refractivity contribution in [2.45, 2.75) is 37.7 Å². The highest BCUT2D eigenvalue weighted by Gasteiger charge is 2.57. The zero-order valence-electron chi connectivity index (χ0n) is 22.3. The second-order valence-electron chi connectivity index (χ2n) is 10.4. The van der Waals surface area contributed by atoms with Crippen molar-refractivity contribution < 1.29 is 19.4 Å². The number of Topliss-reactive ketones (excluding diaryl/α,β-unsaturated/α-hetero) is 1. The smallest absolute Gasteiger partial charge is 0.169 e. The van der Waals surface area contributed by atoms with Gasteiger partial charge in [0.2, 0.25) is 0 Å². The molecule has 4 heteroatoms. The Bertz CT molecular complexity index is 1390. The van der Waals surface area contributed by atoms with Crippen LogP contribution in [0.2, 0.25) is 0 Å². The number of aryl methyl sites for hydroxylation is 2. The molecule has 4 aromatic carbocycles. The lowest BCUT2D eigenvalue weighted by Gasteiger charge is -2.33. The van der Waals surface area contributed by atoms with E-state index in [-0.39, 0.29) is 17.6 Å². The Morgan fingerprint density at radius 2 is 1.18 bits per heavy atom. The number of rotatable bonds is 7. The lowest BCUT2D eigenvalue weighted by Crippen LogP contribution is -2.38. The molecule has 38 heavy (non-hydrogen) atoms. The minimum atomic E-state index is -1.38. The Labute approximate surface area is 224 Å². The fourth-order valence-electron chi connectivity index (χ4n) is 5.96. The van der Waals surface area contributed by atoms with Gasteiger partial charge in [0.15, 0.2) is 5.78 Å². The molecule has 4 aromatic rings. The second-order valence-corrected chi connectivity index (χ2v) is 10.4. The molecule has 194 valence electrons. The average molecular weight is 507 g/mol. The van der Waals surface area contributed by atoms with Gasteiger partial charge >= 0.3 is 0 Å². The van der Waals surface area contributed by atoms with E-state index >= 15 is 0 Å². The summed E-state index contributed by atoms with van der Waals surface area (Å²) in [5.41, 5.74) is 4.41. The molecule has 0 aromatic heterocycles. The molecular weight excluding hydrogens is 472 g/mol. The summed E-state index contributed by atoms with van der Waals surface area (Å²) in [4.78, 5) is 14.4. The van der Waals surface area contributed by atoms with Crippen LogP contribution < -0.4 is 9.47 Å². The summed E-state index contributed by atoms with van der Waals surface area (Å²) in [7, 11) is 3.23. The van der Waals surface area contributed by atoms with Crippen molar-refractivity contribution in [3.8, 4) is 11.5 Å².